The molecule has 1 aromatic carbocycles. The zero-order valence-electron chi connectivity index (χ0n) is 11.7. The van der Waals surface area contributed by atoms with Gasteiger partial charge in [0.2, 0.25) is 5.95 Å². The van der Waals surface area contributed by atoms with Crippen molar-refractivity contribution in [2.24, 2.45) is 0 Å². The first kappa shape index (κ1) is 11.8. The van der Waals surface area contributed by atoms with Gasteiger partial charge < -0.3 is 14.6 Å². The van der Waals surface area contributed by atoms with E-state index in [0.717, 1.165) is 30.4 Å². The first-order valence-electron chi connectivity index (χ1n) is 7.33. The molecule has 4 nitrogen and oxygen atoms in total. The lowest BCUT2D eigenvalue weighted by molar-refractivity contribution is 0.246. The predicted molar refractivity (Wildman–Crippen MR) is 78.3 cm³/mol. The summed E-state index contributed by atoms with van der Waals surface area (Å²) in [5, 5.41) is 3.46. The van der Waals surface area contributed by atoms with Gasteiger partial charge in [-0.25, -0.2) is 4.98 Å². The van der Waals surface area contributed by atoms with Gasteiger partial charge in [0, 0.05) is 18.7 Å². The monoisotopic (exact) mass is 269 g/mol. The number of aryl methyl sites for hydroxylation is 1. The van der Waals surface area contributed by atoms with Crippen LogP contribution in [0.4, 0.5) is 5.95 Å². The summed E-state index contributed by atoms with van der Waals surface area (Å²) in [6, 6.07) is 8.94. The summed E-state index contributed by atoms with van der Waals surface area (Å²) >= 11 is 0. The van der Waals surface area contributed by atoms with Crippen molar-refractivity contribution < 1.29 is 4.74 Å². The van der Waals surface area contributed by atoms with Gasteiger partial charge in [-0.05, 0) is 31.4 Å². The number of hydrogen-bond acceptors (Lipinski definition) is 3. The van der Waals surface area contributed by atoms with E-state index in [4.69, 9.17) is 4.74 Å². The van der Waals surface area contributed by atoms with Gasteiger partial charge in [-0.3, -0.25) is 0 Å². The number of rotatable bonds is 4. The Morgan fingerprint density at radius 2 is 2.20 bits per heavy atom. The molecule has 1 fully saturated rings. The molecular weight excluding hydrogens is 250 g/mol. The highest BCUT2D eigenvalue weighted by Gasteiger charge is 2.27. The van der Waals surface area contributed by atoms with Gasteiger partial charge in [0.25, 0.3) is 0 Å². The van der Waals surface area contributed by atoms with Crippen LogP contribution in [-0.4, -0.2) is 22.2 Å². The fourth-order valence-electron chi connectivity index (χ4n) is 2.85. The number of benzene rings is 1. The molecule has 104 valence electrons. The summed E-state index contributed by atoms with van der Waals surface area (Å²) in [7, 11) is 0. The summed E-state index contributed by atoms with van der Waals surface area (Å²) in [5.74, 6) is 2.02. The minimum Gasteiger partial charge on any atom is -0.488 e. The largest absolute Gasteiger partial charge is 0.488 e. The zero-order valence-corrected chi connectivity index (χ0v) is 11.7. The number of nitrogens with one attached hydrogen (secondary N) is 1. The van der Waals surface area contributed by atoms with Crippen molar-refractivity contribution in [2.75, 3.05) is 11.9 Å². The third-order valence-electron chi connectivity index (χ3n) is 3.99. The SMILES string of the molecule is Cc1cn(C2CC2)c(NCC2Cc3ccccc3O2)n1. The van der Waals surface area contributed by atoms with Crippen LogP contribution in [0.2, 0.25) is 0 Å². The fraction of sp³-hybridized carbons (Fsp3) is 0.438. The van der Waals surface area contributed by atoms with Crippen LogP contribution in [0.15, 0.2) is 30.5 Å². The highest BCUT2D eigenvalue weighted by Crippen LogP contribution is 2.37. The highest BCUT2D eigenvalue weighted by atomic mass is 16.5. The number of para-hydroxylation sites is 1. The summed E-state index contributed by atoms with van der Waals surface area (Å²) in [6.45, 7) is 2.85. The first-order valence-corrected chi connectivity index (χ1v) is 7.33. The number of nitrogens with zero attached hydrogens (tertiary/aromatic N) is 2. The lowest BCUT2D eigenvalue weighted by Gasteiger charge is -2.13. The van der Waals surface area contributed by atoms with Gasteiger partial charge >= 0.3 is 0 Å². The Kier molecular flexibility index (Phi) is 2.69. The van der Waals surface area contributed by atoms with Gasteiger partial charge in [-0.2, -0.15) is 0 Å². The Morgan fingerprint density at radius 1 is 1.35 bits per heavy atom. The predicted octanol–water partition coefficient (Wildman–Crippen LogP) is 2.94. The minimum atomic E-state index is 0.206. The minimum absolute atomic E-state index is 0.206. The van der Waals surface area contributed by atoms with Gasteiger partial charge in [-0.1, -0.05) is 18.2 Å². The molecule has 2 heterocycles. The van der Waals surface area contributed by atoms with Crippen molar-refractivity contribution in [1.82, 2.24) is 9.55 Å². The molecule has 1 saturated carbocycles. The number of ether oxygens (including phenoxy) is 1. The van der Waals surface area contributed by atoms with Crippen LogP contribution in [0.1, 0.15) is 30.1 Å². The van der Waals surface area contributed by atoms with Gasteiger partial charge in [-0.15, -0.1) is 0 Å². The molecule has 1 atom stereocenters. The molecule has 1 unspecified atom stereocenters. The maximum atomic E-state index is 5.95. The zero-order chi connectivity index (χ0) is 13.5. The van der Waals surface area contributed by atoms with Gasteiger partial charge in [0.05, 0.1) is 12.2 Å². The number of hydrogen-bond donors (Lipinski definition) is 1. The van der Waals surface area contributed by atoms with E-state index in [1.807, 2.05) is 19.1 Å². The molecule has 0 saturated heterocycles. The molecule has 0 amide bonds. The third kappa shape index (κ3) is 2.15. The van der Waals surface area contributed by atoms with Crippen molar-refractivity contribution in [3.63, 3.8) is 0 Å². The summed E-state index contributed by atoms with van der Waals surface area (Å²) in [6.07, 6.45) is 5.87. The molecule has 0 bridgehead atoms. The van der Waals surface area contributed by atoms with E-state index in [0.29, 0.717) is 6.04 Å². The van der Waals surface area contributed by atoms with Crippen LogP contribution >= 0.6 is 0 Å². The molecule has 2 aromatic rings. The maximum absolute atomic E-state index is 5.95. The van der Waals surface area contributed by atoms with E-state index in [1.54, 1.807) is 0 Å². The van der Waals surface area contributed by atoms with Crippen LogP contribution in [0.3, 0.4) is 0 Å². The Morgan fingerprint density at radius 3 is 3.00 bits per heavy atom. The smallest absolute Gasteiger partial charge is 0.203 e. The summed E-state index contributed by atoms with van der Waals surface area (Å²) in [4.78, 5) is 4.58. The molecule has 4 heteroatoms. The quantitative estimate of drug-likeness (QED) is 0.927. The Bertz CT molecular complexity index is 605. The molecule has 4 rings (SSSR count). The Hall–Kier alpha value is -1.97. The van der Waals surface area contributed by atoms with E-state index < -0.39 is 0 Å². The van der Waals surface area contributed by atoms with Gasteiger partial charge in [0.15, 0.2) is 0 Å². The van der Waals surface area contributed by atoms with E-state index in [2.05, 4.69) is 33.2 Å². The van der Waals surface area contributed by atoms with Crippen molar-refractivity contribution in [3.05, 3.63) is 41.7 Å². The van der Waals surface area contributed by atoms with Crippen molar-refractivity contribution in [2.45, 2.75) is 38.3 Å². The fourth-order valence-corrected chi connectivity index (χ4v) is 2.85. The van der Waals surface area contributed by atoms with Crippen LogP contribution < -0.4 is 10.1 Å². The number of anilines is 1. The van der Waals surface area contributed by atoms with E-state index >= 15 is 0 Å². The molecule has 20 heavy (non-hydrogen) atoms. The molecule has 1 aliphatic carbocycles. The normalized spacial score (nSPS) is 20.6. The Balaban J connectivity index is 1.42. The maximum Gasteiger partial charge on any atom is 0.203 e. The average Bonchev–Trinajstić information content (AvgIpc) is 3.09. The standard InChI is InChI=1S/C16H19N3O/c1-11-10-19(13-6-7-13)16(18-11)17-9-14-8-12-4-2-3-5-15(12)20-14/h2-5,10,13-14H,6-9H2,1H3,(H,17,18). The number of fused-ring (bicyclic) bond motifs is 1. The van der Waals surface area contributed by atoms with E-state index in [9.17, 15) is 0 Å². The number of imidazole rings is 1. The van der Waals surface area contributed by atoms with E-state index in [1.165, 1.54) is 18.4 Å². The van der Waals surface area contributed by atoms with Crippen molar-refractivity contribution >= 4 is 5.95 Å². The average molecular weight is 269 g/mol. The molecule has 1 aliphatic heterocycles. The van der Waals surface area contributed by atoms with Crippen LogP contribution in [0, 0.1) is 6.92 Å². The molecule has 2 aliphatic rings. The third-order valence-corrected chi connectivity index (χ3v) is 3.99. The molecule has 1 N–H and O–H groups in total. The Labute approximate surface area is 118 Å². The second-order valence-electron chi connectivity index (χ2n) is 5.78. The van der Waals surface area contributed by atoms with Crippen molar-refractivity contribution in [3.8, 4) is 5.75 Å². The molecule has 0 spiro atoms. The second-order valence-corrected chi connectivity index (χ2v) is 5.78. The summed E-state index contributed by atoms with van der Waals surface area (Å²) < 4.78 is 8.23. The lowest BCUT2D eigenvalue weighted by Crippen LogP contribution is -2.25. The van der Waals surface area contributed by atoms with E-state index in [-0.39, 0.29) is 6.10 Å². The molecule has 0 radical (unpaired) electrons. The molecule has 1 aromatic heterocycles. The van der Waals surface area contributed by atoms with Crippen molar-refractivity contribution in [1.29, 1.82) is 0 Å². The van der Waals surface area contributed by atoms with Crippen LogP contribution in [-0.2, 0) is 6.42 Å². The highest BCUT2D eigenvalue weighted by molar-refractivity contribution is 5.38. The first-order chi connectivity index (χ1) is 9.79. The topological polar surface area (TPSA) is 39.1 Å². The van der Waals surface area contributed by atoms with Gasteiger partial charge in [0.1, 0.15) is 11.9 Å². The van der Waals surface area contributed by atoms with Crippen LogP contribution in [0.5, 0.6) is 5.75 Å². The summed E-state index contributed by atoms with van der Waals surface area (Å²) in [5.41, 5.74) is 2.39. The molecular formula is C16H19N3O. The number of aromatic nitrogens is 2. The van der Waals surface area contributed by atoms with Crippen LogP contribution in [0.25, 0.3) is 0 Å². The lowest BCUT2D eigenvalue weighted by atomic mass is 10.1. The second kappa shape index (κ2) is 4.54.